The van der Waals surface area contributed by atoms with Crippen molar-refractivity contribution in [2.24, 2.45) is 0 Å². The average molecular weight is 379 g/mol. The van der Waals surface area contributed by atoms with E-state index in [-0.39, 0.29) is 17.3 Å². The molecule has 1 saturated heterocycles. The van der Waals surface area contributed by atoms with E-state index in [0.717, 1.165) is 42.8 Å². The highest BCUT2D eigenvalue weighted by Gasteiger charge is 2.33. The summed E-state index contributed by atoms with van der Waals surface area (Å²) >= 11 is 0. The molecule has 1 N–H and O–H groups in total. The molecule has 4 rings (SSSR count). The maximum atomic E-state index is 13.0. The zero-order chi connectivity index (χ0) is 19.7. The van der Waals surface area contributed by atoms with Crippen molar-refractivity contribution < 1.29 is 19.4 Å². The van der Waals surface area contributed by atoms with E-state index in [1.807, 2.05) is 31.2 Å². The smallest absolute Gasteiger partial charge is 0.232 e. The van der Waals surface area contributed by atoms with E-state index < -0.39 is 0 Å². The minimum absolute atomic E-state index is 0.143. The van der Waals surface area contributed by atoms with Crippen LogP contribution >= 0.6 is 0 Å². The third kappa shape index (κ3) is 3.50. The van der Waals surface area contributed by atoms with Crippen molar-refractivity contribution in [2.75, 3.05) is 20.2 Å². The SMILES string of the molecule is COc1cccc(/C=C2\Oc3c(CN4CCCCC4)c(O)cc(C)c3C2=O)c1. The van der Waals surface area contributed by atoms with Crippen molar-refractivity contribution in [3.63, 3.8) is 0 Å². The third-order valence-electron chi connectivity index (χ3n) is 5.44. The fourth-order valence-electron chi connectivity index (χ4n) is 3.96. The first-order valence-corrected chi connectivity index (χ1v) is 9.73. The van der Waals surface area contributed by atoms with Crippen LogP contribution in [-0.4, -0.2) is 36.0 Å². The lowest BCUT2D eigenvalue weighted by Crippen LogP contribution is -2.29. The summed E-state index contributed by atoms with van der Waals surface area (Å²) in [6.07, 6.45) is 5.30. The van der Waals surface area contributed by atoms with Gasteiger partial charge in [0.05, 0.1) is 18.2 Å². The van der Waals surface area contributed by atoms with Gasteiger partial charge < -0.3 is 14.6 Å². The number of hydrogen-bond donors (Lipinski definition) is 1. The van der Waals surface area contributed by atoms with E-state index in [0.29, 0.717) is 23.4 Å². The summed E-state index contributed by atoms with van der Waals surface area (Å²) < 4.78 is 11.3. The number of fused-ring (bicyclic) bond motifs is 1. The molecule has 2 heterocycles. The number of allylic oxidation sites excluding steroid dienone is 1. The van der Waals surface area contributed by atoms with Crippen LogP contribution in [0.4, 0.5) is 0 Å². The van der Waals surface area contributed by atoms with Gasteiger partial charge in [-0.1, -0.05) is 18.6 Å². The number of piperidine rings is 1. The van der Waals surface area contributed by atoms with Gasteiger partial charge in [0.2, 0.25) is 5.78 Å². The van der Waals surface area contributed by atoms with Crippen molar-refractivity contribution in [1.29, 1.82) is 0 Å². The van der Waals surface area contributed by atoms with Crippen molar-refractivity contribution in [2.45, 2.75) is 32.7 Å². The topological polar surface area (TPSA) is 59.0 Å². The number of nitrogens with zero attached hydrogens (tertiary/aromatic N) is 1. The second-order valence-corrected chi connectivity index (χ2v) is 7.45. The van der Waals surface area contributed by atoms with E-state index in [4.69, 9.17) is 9.47 Å². The Labute approximate surface area is 165 Å². The molecule has 2 aliphatic rings. The van der Waals surface area contributed by atoms with Gasteiger partial charge in [-0.3, -0.25) is 9.69 Å². The molecule has 0 spiro atoms. The Hall–Kier alpha value is -2.79. The van der Waals surface area contributed by atoms with E-state index >= 15 is 0 Å². The molecule has 5 heteroatoms. The molecule has 2 aromatic carbocycles. The van der Waals surface area contributed by atoms with Gasteiger partial charge in [0.15, 0.2) is 5.76 Å². The van der Waals surface area contributed by atoms with E-state index in [2.05, 4.69) is 4.90 Å². The number of Topliss-reactive ketones (excluding diaryl/α,β-unsaturated/α-hetero) is 1. The molecule has 0 radical (unpaired) electrons. The molecule has 0 unspecified atom stereocenters. The number of carbonyl (C=O) groups is 1. The van der Waals surface area contributed by atoms with Crippen LogP contribution in [0.3, 0.4) is 0 Å². The molecule has 0 amide bonds. The number of aromatic hydroxyl groups is 1. The molecule has 0 saturated carbocycles. The van der Waals surface area contributed by atoms with Crippen molar-refractivity contribution in [1.82, 2.24) is 4.90 Å². The van der Waals surface area contributed by atoms with E-state index in [9.17, 15) is 9.90 Å². The Kier molecular flexibility index (Phi) is 5.09. The first-order chi connectivity index (χ1) is 13.6. The Morgan fingerprint density at radius 2 is 2.00 bits per heavy atom. The highest BCUT2D eigenvalue weighted by Crippen LogP contribution is 2.42. The highest BCUT2D eigenvalue weighted by atomic mass is 16.5. The number of rotatable bonds is 4. The lowest BCUT2D eigenvalue weighted by molar-refractivity contribution is 0.101. The van der Waals surface area contributed by atoms with E-state index in [1.165, 1.54) is 6.42 Å². The Morgan fingerprint density at radius 3 is 2.75 bits per heavy atom. The van der Waals surface area contributed by atoms with Crippen LogP contribution in [0.25, 0.3) is 6.08 Å². The molecule has 0 aromatic heterocycles. The zero-order valence-electron chi connectivity index (χ0n) is 16.3. The number of ether oxygens (including phenoxy) is 2. The van der Waals surface area contributed by atoms with Crippen LogP contribution in [0.1, 0.15) is 46.3 Å². The minimum atomic E-state index is -0.143. The molecule has 5 nitrogen and oxygen atoms in total. The molecule has 2 aliphatic heterocycles. The number of phenolic OH excluding ortho intramolecular Hbond substituents is 1. The third-order valence-corrected chi connectivity index (χ3v) is 5.44. The largest absolute Gasteiger partial charge is 0.507 e. The number of phenols is 1. The molecule has 2 aromatic rings. The molecular weight excluding hydrogens is 354 g/mol. The second-order valence-electron chi connectivity index (χ2n) is 7.45. The normalized spacial score (nSPS) is 18.2. The number of benzene rings is 2. The summed E-state index contributed by atoms with van der Waals surface area (Å²) in [5.74, 6) is 1.54. The monoisotopic (exact) mass is 379 g/mol. The molecule has 146 valence electrons. The quantitative estimate of drug-likeness (QED) is 0.802. The van der Waals surface area contributed by atoms with Crippen molar-refractivity contribution in [3.8, 4) is 17.2 Å². The fourth-order valence-corrected chi connectivity index (χ4v) is 3.96. The van der Waals surface area contributed by atoms with Gasteiger partial charge in [-0.15, -0.1) is 0 Å². The summed E-state index contributed by atoms with van der Waals surface area (Å²) in [4.78, 5) is 15.3. The van der Waals surface area contributed by atoms with Gasteiger partial charge in [-0.2, -0.15) is 0 Å². The Bertz CT molecular complexity index is 942. The maximum absolute atomic E-state index is 13.0. The first kappa shape index (κ1) is 18.6. The fraction of sp³-hybridized carbons (Fsp3) is 0.348. The van der Waals surface area contributed by atoms with Gasteiger partial charge in [-0.05, 0) is 68.3 Å². The highest BCUT2D eigenvalue weighted by molar-refractivity contribution is 6.15. The molecule has 1 fully saturated rings. The maximum Gasteiger partial charge on any atom is 0.232 e. The summed E-state index contributed by atoms with van der Waals surface area (Å²) in [7, 11) is 1.61. The van der Waals surface area contributed by atoms with Gasteiger partial charge >= 0.3 is 0 Å². The van der Waals surface area contributed by atoms with Crippen LogP contribution in [0.5, 0.6) is 17.2 Å². The predicted molar refractivity (Wildman–Crippen MR) is 108 cm³/mol. The summed E-state index contributed by atoms with van der Waals surface area (Å²) in [6.45, 7) is 4.43. The van der Waals surface area contributed by atoms with Gasteiger partial charge in [-0.25, -0.2) is 0 Å². The first-order valence-electron chi connectivity index (χ1n) is 9.73. The number of aryl methyl sites for hydroxylation is 1. The van der Waals surface area contributed by atoms with Crippen LogP contribution in [0.2, 0.25) is 0 Å². The molecular formula is C23H25NO4. The molecule has 0 bridgehead atoms. The summed E-state index contributed by atoms with van der Waals surface area (Å²) in [5, 5.41) is 10.6. The van der Waals surface area contributed by atoms with Crippen LogP contribution in [0, 0.1) is 6.92 Å². The number of carbonyl (C=O) groups excluding carboxylic acids is 1. The van der Waals surface area contributed by atoms with Gasteiger partial charge in [0.1, 0.15) is 17.2 Å². The van der Waals surface area contributed by atoms with Crippen LogP contribution in [-0.2, 0) is 6.54 Å². The van der Waals surface area contributed by atoms with Crippen LogP contribution < -0.4 is 9.47 Å². The van der Waals surface area contributed by atoms with E-state index in [1.54, 1.807) is 19.3 Å². The molecule has 0 atom stereocenters. The lowest BCUT2D eigenvalue weighted by Gasteiger charge is -2.27. The summed E-state index contributed by atoms with van der Waals surface area (Å²) in [5.41, 5.74) is 2.81. The second kappa shape index (κ2) is 7.68. The van der Waals surface area contributed by atoms with Crippen molar-refractivity contribution >= 4 is 11.9 Å². The van der Waals surface area contributed by atoms with Crippen LogP contribution in [0.15, 0.2) is 36.1 Å². The lowest BCUT2D eigenvalue weighted by atomic mass is 9.98. The minimum Gasteiger partial charge on any atom is -0.507 e. The zero-order valence-corrected chi connectivity index (χ0v) is 16.3. The average Bonchev–Trinajstić information content (AvgIpc) is 3.02. The Morgan fingerprint density at radius 1 is 1.21 bits per heavy atom. The van der Waals surface area contributed by atoms with Gasteiger partial charge in [0.25, 0.3) is 0 Å². The van der Waals surface area contributed by atoms with Crippen molar-refractivity contribution in [3.05, 3.63) is 58.3 Å². The molecule has 0 aliphatic carbocycles. The number of methoxy groups -OCH3 is 1. The molecule has 28 heavy (non-hydrogen) atoms. The number of hydrogen-bond acceptors (Lipinski definition) is 5. The predicted octanol–water partition coefficient (Wildman–Crippen LogP) is 4.31. The number of likely N-dealkylation sites (tertiary alicyclic amines) is 1. The standard InChI is InChI=1S/C23H25NO4/c1-15-11-19(25)18(14-24-9-4-3-5-10-24)23-21(15)22(26)20(28-23)13-16-7-6-8-17(12-16)27-2/h6-8,11-13,25H,3-5,9-10,14H2,1-2H3/b20-13-. The summed E-state index contributed by atoms with van der Waals surface area (Å²) in [6, 6.07) is 9.15. The van der Waals surface area contributed by atoms with Gasteiger partial charge in [0, 0.05) is 6.54 Å². The Balaban J connectivity index is 1.69. The number of ketones is 1.